The Balaban J connectivity index is 1.25. The van der Waals surface area contributed by atoms with E-state index in [-0.39, 0.29) is 28.8 Å². The minimum absolute atomic E-state index is 0.155. The molecular weight excluding hydrogens is 486 g/mol. The summed E-state index contributed by atoms with van der Waals surface area (Å²) in [6.07, 6.45) is 1.31. The van der Waals surface area contributed by atoms with Gasteiger partial charge in [0.15, 0.2) is 5.82 Å². The zero-order valence-electron chi connectivity index (χ0n) is 19.8. The van der Waals surface area contributed by atoms with Crippen LogP contribution in [0.3, 0.4) is 0 Å². The number of piperidine rings is 1. The van der Waals surface area contributed by atoms with E-state index in [2.05, 4.69) is 25.6 Å². The minimum Gasteiger partial charge on any atom is -0.355 e. The van der Waals surface area contributed by atoms with Crippen LogP contribution in [-0.2, 0) is 0 Å². The number of carbonyl (C=O) groups is 2. The van der Waals surface area contributed by atoms with E-state index in [0.29, 0.717) is 29.9 Å². The molecule has 0 unspecified atom stereocenters. The molecule has 8 nitrogen and oxygen atoms in total. The van der Waals surface area contributed by atoms with Crippen molar-refractivity contribution in [1.29, 1.82) is 0 Å². The van der Waals surface area contributed by atoms with Crippen molar-refractivity contribution in [3.63, 3.8) is 0 Å². The molecule has 11 heteroatoms. The van der Waals surface area contributed by atoms with Gasteiger partial charge in [0.2, 0.25) is 4.96 Å². The lowest BCUT2D eigenvalue weighted by atomic mass is 10.1. The smallest absolute Gasteiger partial charge is 0.251 e. The maximum atomic E-state index is 14.6. The Labute approximate surface area is 210 Å². The third kappa shape index (κ3) is 4.93. The zero-order valence-corrected chi connectivity index (χ0v) is 20.6. The minimum atomic E-state index is -0.680. The summed E-state index contributed by atoms with van der Waals surface area (Å²) in [4.78, 5) is 31.6. The van der Waals surface area contributed by atoms with Gasteiger partial charge in [0, 0.05) is 37.8 Å². The predicted octanol–water partition coefficient (Wildman–Crippen LogP) is 3.66. The van der Waals surface area contributed by atoms with Crippen LogP contribution in [0.25, 0.3) is 26.6 Å². The van der Waals surface area contributed by atoms with Crippen LogP contribution >= 0.6 is 11.3 Å². The Morgan fingerprint density at radius 1 is 1.11 bits per heavy atom. The molecule has 188 valence electrons. The van der Waals surface area contributed by atoms with Crippen molar-refractivity contribution in [3.8, 4) is 11.4 Å². The van der Waals surface area contributed by atoms with Crippen molar-refractivity contribution in [2.45, 2.75) is 25.4 Å². The van der Waals surface area contributed by atoms with Gasteiger partial charge in [-0.3, -0.25) is 9.59 Å². The fraction of sp³-hybridized carbons (Fsp3) is 0.360. The second-order valence-corrected chi connectivity index (χ2v) is 9.82. The monoisotopic (exact) mass is 512 g/mol. The Morgan fingerprint density at radius 3 is 2.61 bits per heavy atom. The number of benzene rings is 2. The molecule has 2 aromatic heterocycles. The summed E-state index contributed by atoms with van der Waals surface area (Å²) in [5.41, 5.74) is 1.74. The number of nitrogens with zero attached hydrogens (tertiary/aromatic N) is 4. The first kappa shape index (κ1) is 24.3. The SMILES string of the molecule is CNC(=O)c1ccc(-c2nc3sc4cc(C(=O)NCCCN5CCC(F)CC5)ccc4n3n2)c(F)c1. The first-order chi connectivity index (χ1) is 17.4. The summed E-state index contributed by atoms with van der Waals surface area (Å²) >= 11 is 1.36. The molecule has 1 aliphatic rings. The number of fused-ring (bicyclic) bond motifs is 3. The summed E-state index contributed by atoms with van der Waals surface area (Å²) in [5, 5.41) is 9.87. The van der Waals surface area contributed by atoms with Crippen LogP contribution in [0.5, 0.6) is 0 Å². The largest absolute Gasteiger partial charge is 0.355 e. The number of aromatic nitrogens is 3. The fourth-order valence-electron chi connectivity index (χ4n) is 4.36. The lowest BCUT2D eigenvalue weighted by molar-refractivity contribution is 0.0946. The fourth-order valence-corrected chi connectivity index (χ4v) is 5.36. The number of hydrogen-bond donors (Lipinski definition) is 2. The second-order valence-electron chi connectivity index (χ2n) is 8.81. The Hall–Kier alpha value is -3.44. The molecule has 1 aliphatic heterocycles. The van der Waals surface area contributed by atoms with Gasteiger partial charge in [0.1, 0.15) is 12.0 Å². The highest BCUT2D eigenvalue weighted by Gasteiger charge is 2.19. The van der Waals surface area contributed by atoms with Gasteiger partial charge in [0.05, 0.1) is 15.8 Å². The van der Waals surface area contributed by atoms with Gasteiger partial charge < -0.3 is 15.5 Å². The molecule has 5 rings (SSSR count). The molecule has 0 saturated carbocycles. The Kier molecular flexibility index (Phi) is 6.92. The molecule has 0 atom stereocenters. The number of likely N-dealkylation sites (tertiary alicyclic amines) is 1. The highest BCUT2D eigenvalue weighted by atomic mass is 32.1. The van der Waals surface area contributed by atoms with Crippen molar-refractivity contribution in [2.24, 2.45) is 0 Å². The van der Waals surface area contributed by atoms with E-state index in [4.69, 9.17) is 0 Å². The Bertz CT molecular complexity index is 1430. The number of carbonyl (C=O) groups excluding carboxylic acids is 2. The van der Waals surface area contributed by atoms with Crippen molar-refractivity contribution in [1.82, 2.24) is 30.1 Å². The van der Waals surface area contributed by atoms with Gasteiger partial charge in [-0.15, -0.1) is 5.10 Å². The first-order valence-electron chi connectivity index (χ1n) is 11.9. The number of halogens is 2. The van der Waals surface area contributed by atoms with Crippen LogP contribution < -0.4 is 10.6 Å². The summed E-state index contributed by atoms with van der Waals surface area (Å²) in [6, 6.07) is 9.52. The normalized spacial score (nSPS) is 15.0. The van der Waals surface area contributed by atoms with E-state index in [1.807, 2.05) is 0 Å². The van der Waals surface area contributed by atoms with Gasteiger partial charge >= 0.3 is 0 Å². The molecular formula is C25H26F2N6O2S. The van der Waals surface area contributed by atoms with Gasteiger partial charge in [0.25, 0.3) is 11.8 Å². The maximum Gasteiger partial charge on any atom is 0.251 e. The topological polar surface area (TPSA) is 91.6 Å². The van der Waals surface area contributed by atoms with Gasteiger partial charge in [-0.1, -0.05) is 11.3 Å². The quantitative estimate of drug-likeness (QED) is 0.369. The van der Waals surface area contributed by atoms with E-state index in [0.717, 1.165) is 42.3 Å². The number of alkyl halides is 1. The highest BCUT2D eigenvalue weighted by Crippen LogP contribution is 2.29. The van der Waals surface area contributed by atoms with E-state index in [1.54, 1.807) is 22.7 Å². The van der Waals surface area contributed by atoms with Crippen molar-refractivity contribution >= 4 is 38.3 Å². The van der Waals surface area contributed by atoms with E-state index >= 15 is 0 Å². The van der Waals surface area contributed by atoms with Crippen LogP contribution in [0.1, 0.15) is 40.0 Å². The molecule has 0 spiro atoms. The lowest BCUT2D eigenvalue weighted by Crippen LogP contribution is -2.36. The van der Waals surface area contributed by atoms with Crippen LogP contribution in [0.15, 0.2) is 36.4 Å². The standard InChI is InChI=1S/C25H26F2N6O2S/c1-28-23(34)15-3-5-18(19(27)13-15)22-30-25-33(31-22)20-6-4-16(14-21(20)36-25)24(35)29-9-2-10-32-11-7-17(26)8-12-32/h3-6,13-14,17H,2,7-12H2,1H3,(H,28,34)(H,29,35). The summed E-state index contributed by atoms with van der Waals surface area (Å²) in [7, 11) is 1.49. The molecule has 2 N–H and O–H groups in total. The molecule has 2 aromatic carbocycles. The van der Waals surface area contributed by atoms with Gasteiger partial charge in [-0.2, -0.15) is 4.98 Å². The van der Waals surface area contributed by atoms with Crippen LogP contribution in [0, 0.1) is 5.82 Å². The second kappa shape index (κ2) is 10.3. The number of amides is 2. The van der Waals surface area contributed by atoms with Crippen LogP contribution in [-0.4, -0.2) is 70.7 Å². The third-order valence-electron chi connectivity index (χ3n) is 6.38. The van der Waals surface area contributed by atoms with E-state index in [9.17, 15) is 18.4 Å². The number of hydrogen-bond acceptors (Lipinski definition) is 6. The van der Waals surface area contributed by atoms with Gasteiger partial charge in [-0.05, 0) is 62.2 Å². The average Bonchev–Trinajstić information content (AvgIpc) is 3.44. The molecule has 0 aliphatic carbocycles. The molecule has 3 heterocycles. The van der Waals surface area contributed by atoms with Crippen molar-refractivity contribution < 1.29 is 18.4 Å². The zero-order chi connectivity index (χ0) is 25.2. The molecule has 1 saturated heterocycles. The highest BCUT2D eigenvalue weighted by molar-refractivity contribution is 7.23. The maximum absolute atomic E-state index is 14.6. The molecule has 0 radical (unpaired) electrons. The molecule has 4 aromatic rings. The molecule has 1 fully saturated rings. The molecule has 2 amide bonds. The number of nitrogens with one attached hydrogen (secondary N) is 2. The number of thiazole rings is 1. The summed E-state index contributed by atoms with van der Waals surface area (Å²) < 4.78 is 30.4. The summed E-state index contributed by atoms with van der Waals surface area (Å²) in [6.45, 7) is 2.94. The van der Waals surface area contributed by atoms with Crippen molar-refractivity contribution in [2.75, 3.05) is 33.2 Å². The van der Waals surface area contributed by atoms with Crippen molar-refractivity contribution in [3.05, 3.63) is 53.3 Å². The predicted molar refractivity (Wildman–Crippen MR) is 135 cm³/mol. The van der Waals surface area contributed by atoms with E-state index in [1.165, 1.54) is 30.5 Å². The van der Waals surface area contributed by atoms with Crippen LogP contribution in [0.4, 0.5) is 8.78 Å². The Morgan fingerprint density at radius 2 is 1.86 bits per heavy atom. The summed E-state index contributed by atoms with van der Waals surface area (Å²) in [5.74, 6) is -0.883. The third-order valence-corrected chi connectivity index (χ3v) is 7.38. The van der Waals surface area contributed by atoms with Gasteiger partial charge in [-0.25, -0.2) is 13.3 Å². The van der Waals surface area contributed by atoms with Crippen LogP contribution in [0.2, 0.25) is 0 Å². The average molecular weight is 513 g/mol. The molecule has 36 heavy (non-hydrogen) atoms. The number of rotatable bonds is 7. The first-order valence-corrected chi connectivity index (χ1v) is 12.7. The molecule has 0 bridgehead atoms. The van der Waals surface area contributed by atoms with E-state index < -0.39 is 12.0 Å². The lowest BCUT2D eigenvalue weighted by Gasteiger charge is -2.28.